The van der Waals surface area contributed by atoms with Gasteiger partial charge in [0.15, 0.2) is 0 Å². The first-order valence-corrected chi connectivity index (χ1v) is 7.87. The van der Waals surface area contributed by atoms with Crippen molar-refractivity contribution in [3.8, 4) is 0 Å². The summed E-state index contributed by atoms with van der Waals surface area (Å²) in [6.07, 6.45) is 0.615. The van der Waals surface area contributed by atoms with Crippen molar-refractivity contribution in [3.63, 3.8) is 0 Å². The molecule has 1 atom stereocenters. The smallest absolute Gasteiger partial charge is 0.240 e. The fourth-order valence-corrected chi connectivity index (χ4v) is 2.78. The third-order valence-electron chi connectivity index (χ3n) is 2.79. The Morgan fingerprint density at radius 2 is 2.10 bits per heavy atom. The van der Waals surface area contributed by atoms with Gasteiger partial charge in [-0.25, -0.2) is 13.1 Å². The van der Waals surface area contributed by atoms with Crippen molar-refractivity contribution < 1.29 is 18.3 Å². The second-order valence-electron chi connectivity index (χ2n) is 4.57. The van der Waals surface area contributed by atoms with Crippen LogP contribution in [-0.2, 0) is 14.8 Å². The Morgan fingerprint density at radius 1 is 1.40 bits per heavy atom. The van der Waals surface area contributed by atoms with E-state index in [-0.39, 0.29) is 17.9 Å². The fourth-order valence-electron chi connectivity index (χ4n) is 1.66. The molecule has 7 heteroatoms. The molecule has 20 heavy (non-hydrogen) atoms. The van der Waals surface area contributed by atoms with Crippen LogP contribution in [-0.4, -0.2) is 26.0 Å². The van der Waals surface area contributed by atoms with Crippen LogP contribution in [0.1, 0.15) is 37.9 Å². The highest BCUT2D eigenvalue weighted by Crippen LogP contribution is 2.17. The van der Waals surface area contributed by atoms with Gasteiger partial charge < -0.3 is 10.8 Å². The van der Waals surface area contributed by atoms with E-state index in [4.69, 9.17) is 5.73 Å². The van der Waals surface area contributed by atoms with Crippen molar-refractivity contribution in [1.82, 2.24) is 4.72 Å². The first-order chi connectivity index (χ1) is 9.33. The number of benzene rings is 1. The summed E-state index contributed by atoms with van der Waals surface area (Å²) in [6.45, 7) is 1.82. The van der Waals surface area contributed by atoms with Crippen LogP contribution in [0.4, 0.5) is 0 Å². The van der Waals surface area contributed by atoms with E-state index in [0.29, 0.717) is 18.4 Å². The van der Waals surface area contributed by atoms with Crippen molar-refractivity contribution in [2.75, 3.05) is 6.54 Å². The summed E-state index contributed by atoms with van der Waals surface area (Å²) in [4.78, 5) is 10.7. The minimum Gasteiger partial charge on any atom is -0.389 e. The molecule has 0 radical (unpaired) electrons. The largest absolute Gasteiger partial charge is 0.389 e. The molecule has 0 heterocycles. The standard InChI is InChI=1S/C13H20N2O4S/c1-10(16)11-5-4-6-12(9-11)20(18,19)15-8-3-2-7-13(14)17/h4-6,9-10,15-16H,2-3,7-8H2,1H3,(H2,14,17). The van der Waals surface area contributed by atoms with Gasteiger partial charge >= 0.3 is 0 Å². The van der Waals surface area contributed by atoms with Crippen molar-refractivity contribution >= 4 is 15.9 Å². The molecule has 112 valence electrons. The quantitative estimate of drug-likeness (QED) is 0.613. The molecule has 1 aromatic carbocycles. The van der Waals surface area contributed by atoms with Crippen LogP contribution in [0.2, 0.25) is 0 Å². The summed E-state index contributed by atoms with van der Waals surface area (Å²) in [5.74, 6) is -0.391. The lowest BCUT2D eigenvalue weighted by Crippen LogP contribution is -2.25. The maximum atomic E-state index is 12.0. The second kappa shape index (κ2) is 7.37. The number of carbonyl (C=O) groups excluding carboxylic acids is 1. The van der Waals surface area contributed by atoms with Crippen LogP contribution in [0, 0.1) is 0 Å². The molecule has 0 spiro atoms. The first kappa shape index (κ1) is 16.6. The van der Waals surface area contributed by atoms with E-state index < -0.39 is 22.0 Å². The molecular formula is C13H20N2O4S. The molecule has 1 unspecified atom stereocenters. The van der Waals surface area contributed by atoms with E-state index in [2.05, 4.69) is 4.72 Å². The normalized spacial score (nSPS) is 13.1. The van der Waals surface area contributed by atoms with E-state index in [9.17, 15) is 18.3 Å². The lowest BCUT2D eigenvalue weighted by Gasteiger charge is -2.09. The van der Waals surface area contributed by atoms with Crippen molar-refractivity contribution in [2.24, 2.45) is 5.73 Å². The molecule has 1 rings (SSSR count). The molecule has 0 aliphatic carbocycles. The number of hydrogen-bond acceptors (Lipinski definition) is 4. The van der Waals surface area contributed by atoms with Crippen LogP contribution >= 0.6 is 0 Å². The summed E-state index contributed by atoms with van der Waals surface area (Å²) in [6, 6.07) is 6.16. The maximum Gasteiger partial charge on any atom is 0.240 e. The summed E-state index contributed by atoms with van der Waals surface area (Å²) >= 11 is 0. The van der Waals surface area contributed by atoms with Crippen LogP contribution in [0.5, 0.6) is 0 Å². The SMILES string of the molecule is CC(O)c1cccc(S(=O)(=O)NCCCCC(N)=O)c1. The molecule has 0 aromatic heterocycles. The molecule has 1 aromatic rings. The van der Waals surface area contributed by atoms with E-state index in [1.807, 2.05) is 0 Å². The Hall–Kier alpha value is -1.44. The van der Waals surface area contributed by atoms with Crippen molar-refractivity contribution in [3.05, 3.63) is 29.8 Å². The number of aliphatic hydroxyl groups is 1. The monoisotopic (exact) mass is 300 g/mol. The zero-order valence-electron chi connectivity index (χ0n) is 11.4. The predicted octanol–water partition coefficient (Wildman–Crippen LogP) is 0.674. The number of sulfonamides is 1. The molecule has 0 aliphatic heterocycles. The topological polar surface area (TPSA) is 109 Å². The molecular weight excluding hydrogens is 280 g/mol. The highest BCUT2D eigenvalue weighted by atomic mass is 32.2. The van der Waals surface area contributed by atoms with E-state index in [1.54, 1.807) is 19.1 Å². The summed E-state index contributed by atoms with van der Waals surface area (Å²) in [7, 11) is -3.59. The van der Waals surface area contributed by atoms with Crippen LogP contribution in [0.15, 0.2) is 29.2 Å². The van der Waals surface area contributed by atoms with Gasteiger partial charge in [0.25, 0.3) is 0 Å². The van der Waals surface area contributed by atoms with E-state index in [0.717, 1.165) is 0 Å². The van der Waals surface area contributed by atoms with E-state index >= 15 is 0 Å². The highest BCUT2D eigenvalue weighted by Gasteiger charge is 2.14. The summed E-state index contributed by atoms with van der Waals surface area (Å²) < 4.78 is 26.5. The Balaban J connectivity index is 2.60. The minimum atomic E-state index is -3.59. The Bertz CT molecular complexity index is 555. The molecule has 4 N–H and O–H groups in total. The molecule has 0 saturated heterocycles. The number of nitrogens with two attached hydrogens (primary N) is 1. The fraction of sp³-hybridized carbons (Fsp3) is 0.462. The van der Waals surface area contributed by atoms with Crippen LogP contribution in [0.3, 0.4) is 0 Å². The Kier molecular flexibility index (Phi) is 6.12. The zero-order chi connectivity index (χ0) is 15.2. The Morgan fingerprint density at radius 3 is 2.70 bits per heavy atom. The minimum absolute atomic E-state index is 0.116. The second-order valence-corrected chi connectivity index (χ2v) is 6.34. The van der Waals surface area contributed by atoms with Gasteiger partial charge in [-0.3, -0.25) is 4.79 Å². The summed E-state index contributed by atoms with van der Waals surface area (Å²) in [5.41, 5.74) is 5.54. The molecule has 0 saturated carbocycles. The average Bonchev–Trinajstić information content (AvgIpc) is 2.38. The van der Waals surface area contributed by atoms with Crippen LogP contribution in [0.25, 0.3) is 0 Å². The lowest BCUT2D eigenvalue weighted by atomic mass is 10.1. The molecule has 0 bridgehead atoms. The lowest BCUT2D eigenvalue weighted by molar-refractivity contribution is -0.118. The van der Waals surface area contributed by atoms with Crippen molar-refractivity contribution in [2.45, 2.75) is 37.2 Å². The molecule has 0 aliphatic rings. The van der Waals surface area contributed by atoms with Gasteiger partial charge in [-0.15, -0.1) is 0 Å². The van der Waals surface area contributed by atoms with Gasteiger partial charge in [0.1, 0.15) is 0 Å². The third kappa shape index (κ3) is 5.28. The zero-order valence-corrected chi connectivity index (χ0v) is 12.2. The highest BCUT2D eigenvalue weighted by molar-refractivity contribution is 7.89. The van der Waals surface area contributed by atoms with Gasteiger partial charge in [0.05, 0.1) is 11.0 Å². The molecule has 0 fully saturated rings. The van der Waals surface area contributed by atoms with Gasteiger partial charge in [0, 0.05) is 13.0 Å². The maximum absolute atomic E-state index is 12.0. The number of primary amides is 1. The Labute approximate surface area is 119 Å². The van der Waals surface area contributed by atoms with Gasteiger partial charge in [-0.1, -0.05) is 12.1 Å². The van der Waals surface area contributed by atoms with Gasteiger partial charge in [-0.05, 0) is 37.5 Å². The number of carbonyl (C=O) groups is 1. The van der Waals surface area contributed by atoms with Crippen LogP contribution < -0.4 is 10.5 Å². The number of hydrogen-bond donors (Lipinski definition) is 3. The molecule has 1 amide bonds. The van der Waals surface area contributed by atoms with Gasteiger partial charge in [-0.2, -0.15) is 0 Å². The number of aliphatic hydroxyl groups excluding tert-OH is 1. The average molecular weight is 300 g/mol. The number of nitrogens with one attached hydrogen (secondary N) is 1. The van der Waals surface area contributed by atoms with Gasteiger partial charge in [0.2, 0.25) is 15.9 Å². The van der Waals surface area contributed by atoms with Crippen molar-refractivity contribution in [1.29, 1.82) is 0 Å². The third-order valence-corrected chi connectivity index (χ3v) is 4.25. The predicted molar refractivity (Wildman–Crippen MR) is 75.3 cm³/mol. The van der Waals surface area contributed by atoms with E-state index in [1.165, 1.54) is 12.1 Å². The first-order valence-electron chi connectivity index (χ1n) is 6.39. The summed E-state index contributed by atoms with van der Waals surface area (Å²) in [5, 5.41) is 9.45. The molecule has 6 nitrogen and oxygen atoms in total. The number of unbranched alkanes of at least 4 members (excludes halogenated alkanes) is 1. The number of amides is 1. The number of rotatable bonds is 8.